The van der Waals surface area contributed by atoms with Crippen LogP contribution in [0.15, 0.2) is 52.5 Å². The van der Waals surface area contributed by atoms with Crippen molar-refractivity contribution in [3.05, 3.63) is 63.6 Å². The lowest BCUT2D eigenvalue weighted by atomic mass is 10.1. The van der Waals surface area contributed by atoms with Gasteiger partial charge in [-0.25, -0.2) is 0 Å². The Balaban J connectivity index is 2.08. The van der Waals surface area contributed by atoms with Crippen LogP contribution in [0, 0.1) is 23.7 Å². The summed E-state index contributed by atoms with van der Waals surface area (Å²) in [6, 6.07) is 15.4. The van der Waals surface area contributed by atoms with Gasteiger partial charge in [0.1, 0.15) is 18.2 Å². The third-order valence-electron chi connectivity index (χ3n) is 4.11. The van der Waals surface area contributed by atoms with E-state index in [0.717, 1.165) is 12.8 Å². The standard InChI is InChI=1S/C24H23BrN2O3/c1-3-13-30-23-16-21(25)19(15-22(23)29-4-2)14-20(17-26)24(28)27-12-8-11-18-9-6-5-7-10-18/h1,5-7,9-10,14-16H,4,8,11-13H2,2H3,(H,27,28)/b20-14-. The highest BCUT2D eigenvalue weighted by molar-refractivity contribution is 9.10. The maximum absolute atomic E-state index is 12.4. The molecule has 0 aliphatic rings. The molecule has 30 heavy (non-hydrogen) atoms. The Labute approximate surface area is 185 Å². The topological polar surface area (TPSA) is 71.3 Å². The number of benzene rings is 2. The monoisotopic (exact) mass is 466 g/mol. The maximum Gasteiger partial charge on any atom is 0.261 e. The van der Waals surface area contributed by atoms with Crippen molar-refractivity contribution < 1.29 is 14.3 Å². The summed E-state index contributed by atoms with van der Waals surface area (Å²) in [6.45, 7) is 2.88. The minimum absolute atomic E-state index is 0.00940. The fraction of sp³-hybridized carbons (Fsp3) is 0.250. The van der Waals surface area contributed by atoms with E-state index in [4.69, 9.17) is 15.9 Å². The predicted octanol–water partition coefficient (Wildman–Crippen LogP) is 4.52. The van der Waals surface area contributed by atoms with E-state index < -0.39 is 5.91 Å². The van der Waals surface area contributed by atoms with E-state index in [1.54, 1.807) is 12.1 Å². The van der Waals surface area contributed by atoms with Gasteiger partial charge in [0.15, 0.2) is 11.5 Å². The first-order chi connectivity index (χ1) is 14.6. The summed E-state index contributed by atoms with van der Waals surface area (Å²) in [5.41, 5.74) is 1.85. The van der Waals surface area contributed by atoms with Gasteiger partial charge in [0.2, 0.25) is 0 Å². The summed E-state index contributed by atoms with van der Waals surface area (Å²) in [6.07, 6.45) is 8.41. The minimum Gasteiger partial charge on any atom is -0.490 e. The highest BCUT2D eigenvalue weighted by atomic mass is 79.9. The summed E-state index contributed by atoms with van der Waals surface area (Å²) in [4.78, 5) is 12.4. The number of terminal acetylenes is 1. The van der Waals surface area contributed by atoms with Crippen LogP contribution < -0.4 is 14.8 Å². The first-order valence-electron chi connectivity index (χ1n) is 9.55. The van der Waals surface area contributed by atoms with E-state index in [-0.39, 0.29) is 12.2 Å². The number of aryl methyl sites for hydroxylation is 1. The lowest BCUT2D eigenvalue weighted by Crippen LogP contribution is -2.25. The number of nitrogens with zero attached hydrogens (tertiary/aromatic N) is 1. The molecule has 0 aliphatic heterocycles. The zero-order chi connectivity index (χ0) is 21.8. The first-order valence-corrected chi connectivity index (χ1v) is 10.3. The number of nitriles is 1. The van der Waals surface area contributed by atoms with Gasteiger partial charge in [-0.1, -0.05) is 52.2 Å². The molecule has 0 atom stereocenters. The maximum atomic E-state index is 12.4. The fourth-order valence-electron chi connectivity index (χ4n) is 2.70. The van der Waals surface area contributed by atoms with Gasteiger partial charge in [-0.15, -0.1) is 6.42 Å². The highest BCUT2D eigenvalue weighted by Crippen LogP contribution is 2.35. The summed E-state index contributed by atoms with van der Waals surface area (Å²) in [5.74, 6) is 2.97. The Kier molecular flexibility index (Phi) is 9.51. The molecule has 0 fully saturated rings. The first kappa shape index (κ1) is 23.1. The molecule has 2 aromatic rings. The summed E-state index contributed by atoms with van der Waals surface area (Å²) in [7, 11) is 0. The van der Waals surface area contributed by atoms with Crippen LogP contribution in [0.25, 0.3) is 6.08 Å². The van der Waals surface area contributed by atoms with Crippen LogP contribution in [0.5, 0.6) is 11.5 Å². The zero-order valence-corrected chi connectivity index (χ0v) is 18.4. The SMILES string of the molecule is C#CCOc1cc(Br)c(/C=C(/C#N)C(=O)NCCCc2ccccc2)cc1OCC. The summed E-state index contributed by atoms with van der Waals surface area (Å²) >= 11 is 3.45. The molecule has 5 nitrogen and oxygen atoms in total. The van der Waals surface area contributed by atoms with Crippen LogP contribution in [0.2, 0.25) is 0 Å². The van der Waals surface area contributed by atoms with Gasteiger partial charge in [-0.05, 0) is 49.1 Å². The molecule has 0 aliphatic carbocycles. The van der Waals surface area contributed by atoms with Crippen molar-refractivity contribution in [3.8, 4) is 29.9 Å². The Morgan fingerprint density at radius 1 is 1.23 bits per heavy atom. The third-order valence-corrected chi connectivity index (χ3v) is 4.80. The second kappa shape index (κ2) is 12.4. The summed E-state index contributed by atoms with van der Waals surface area (Å²) in [5, 5.41) is 12.3. The molecule has 1 amide bonds. The van der Waals surface area contributed by atoms with E-state index in [0.29, 0.717) is 34.7 Å². The van der Waals surface area contributed by atoms with Gasteiger partial charge < -0.3 is 14.8 Å². The number of amides is 1. The van der Waals surface area contributed by atoms with Gasteiger partial charge in [0.25, 0.3) is 5.91 Å². The van der Waals surface area contributed by atoms with Crippen molar-refractivity contribution in [1.82, 2.24) is 5.32 Å². The van der Waals surface area contributed by atoms with Crippen molar-refractivity contribution >= 4 is 27.9 Å². The molecule has 6 heteroatoms. The molecule has 154 valence electrons. The minimum atomic E-state index is -0.414. The molecular weight excluding hydrogens is 444 g/mol. The van der Waals surface area contributed by atoms with Crippen molar-refractivity contribution in [2.75, 3.05) is 19.8 Å². The van der Waals surface area contributed by atoms with Crippen molar-refractivity contribution in [3.63, 3.8) is 0 Å². The van der Waals surface area contributed by atoms with E-state index in [9.17, 15) is 10.1 Å². The molecule has 0 heterocycles. The number of ether oxygens (including phenoxy) is 2. The second-order valence-corrected chi connectivity index (χ2v) is 7.12. The largest absolute Gasteiger partial charge is 0.490 e. The van der Waals surface area contributed by atoms with Gasteiger partial charge in [0, 0.05) is 11.0 Å². The lowest BCUT2D eigenvalue weighted by molar-refractivity contribution is -0.117. The molecule has 0 bridgehead atoms. The number of nitrogens with one attached hydrogen (secondary N) is 1. The molecular formula is C24H23BrN2O3. The molecule has 0 aromatic heterocycles. The lowest BCUT2D eigenvalue weighted by Gasteiger charge is -2.13. The van der Waals surface area contributed by atoms with Crippen molar-refractivity contribution in [2.24, 2.45) is 0 Å². The Morgan fingerprint density at radius 2 is 1.97 bits per heavy atom. The molecule has 0 saturated carbocycles. The zero-order valence-electron chi connectivity index (χ0n) is 16.8. The fourth-order valence-corrected chi connectivity index (χ4v) is 3.14. The van der Waals surface area contributed by atoms with Crippen molar-refractivity contribution in [1.29, 1.82) is 5.26 Å². The van der Waals surface area contributed by atoms with E-state index in [1.807, 2.05) is 43.3 Å². The van der Waals surface area contributed by atoms with Crippen LogP contribution >= 0.6 is 15.9 Å². The van der Waals surface area contributed by atoms with Crippen LogP contribution in [0.3, 0.4) is 0 Å². The molecule has 0 spiro atoms. The normalized spacial score (nSPS) is 10.6. The average molecular weight is 467 g/mol. The van der Waals surface area contributed by atoms with E-state index >= 15 is 0 Å². The van der Waals surface area contributed by atoms with E-state index in [2.05, 4.69) is 27.2 Å². The Hall–Kier alpha value is -3.22. The second-order valence-electron chi connectivity index (χ2n) is 6.26. The predicted molar refractivity (Wildman–Crippen MR) is 121 cm³/mol. The smallest absolute Gasteiger partial charge is 0.261 e. The van der Waals surface area contributed by atoms with Crippen LogP contribution in [-0.4, -0.2) is 25.7 Å². The quantitative estimate of drug-likeness (QED) is 0.242. The third kappa shape index (κ3) is 6.99. The molecule has 2 rings (SSSR count). The number of hydrogen-bond acceptors (Lipinski definition) is 4. The Bertz CT molecular complexity index is 972. The molecule has 0 unspecified atom stereocenters. The van der Waals surface area contributed by atoms with Gasteiger partial charge in [-0.2, -0.15) is 5.26 Å². The van der Waals surface area contributed by atoms with Gasteiger partial charge in [-0.3, -0.25) is 4.79 Å². The van der Waals surface area contributed by atoms with Crippen LogP contribution in [0.4, 0.5) is 0 Å². The Morgan fingerprint density at radius 3 is 2.63 bits per heavy atom. The van der Waals surface area contributed by atoms with E-state index in [1.165, 1.54) is 11.6 Å². The number of halogens is 1. The number of carbonyl (C=O) groups is 1. The summed E-state index contributed by atoms with van der Waals surface area (Å²) < 4.78 is 11.8. The van der Waals surface area contributed by atoms with Crippen LogP contribution in [-0.2, 0) is 11.2 Å². The number of rotatable bonds is 10. The molecule has 1 N–H and O–H groups in total. The average Bonchev–Trinajstić information content (AvgIpc) is 2.76. The van der Waals surface area contributed by atoms with Crippen LogP contribution in [0.1, 0.15) is 24.5 Å². The highest BCUT2D eigenvalue weighted by Gasteiger charge is 2.13. The number of hydrogen-bond donors (Lipinski definition) is 1. The molecule has 2 aromatic carbocycles. The van der Waals surface area contributed by atoms with Gasteiger partial charge in [0.05, 0.1) is 6.61 Å². The molecule has 0 saturated heterocycles. The van der Waals surface area contributed by atoms with Crippen molar-refractivity contribution in [2.45, 2.75) is 19.8 Å². The van der Waals surface area contributed by atoms with Gasteiger partial charge >= 0.3 is 0 Å². The number of carbonyl (C=O) groups excluding carboxylic acids is 1. The molecule has 0 radical (unpaired) electrons.